The molecule has 31 heavy (non-hydrogen) atoms. The summed E-state index contributed by atoms with van der Waals surface area (Å²) in [6.07, 6.45) is 1.87. The van der Waals surface area contributed by atoms with Crippen molar-refractivity contribution in [1.29, 1.82) is 0 Å². The Hall–Kier alpha value is -2.84. The lowest BCUT2D eigenvalue weighted by Crippen LogP contribution is -2.51. The Morgan fingerprint density at radius 2 is 1.90 bits per heavy atom. The van der Waals surface area contributed by atoms with Crippen molar-refractivity contribution in [2.75, 3.05) is 39.3 Å². The molecule has 0 saturated carbocycles. The van der Waals surface area contributed by atoms with E-state index < -0.39 is 0 Å². The number of ether oxygens (including phenoxy) is 1. The second-order valence-corrected chi connectivity index (χ2v) is 7.93. The van der Waals surface area contributed by atoms with E-state index in [9.17, 15) is 9.59 Å². The standard InChI is InChI=1S/C22H25ClN4O4/c1-2-30-22(29)26-11-9-25(10-12-26)15-21(28)27-19(20-4-3-13-31-20)14-18(24-27)16-5-7-17(23)8-6-16/h3-8,13,19H,2,9-12,14-15H2,1H3. The summed E-state index contributed by atoms with van der Waals surface area (Å²) in [4.78, 5) is 28.8. The van der Waals surface area contributed by atoms with Crippen molar-refractivity contribution in [2.24, 2.45) is 5.10 Å². The van der Waals surface area contributed by atoms with Gasteiger partial charge in [-0.15, -0.1) is 0 Å². The van der Waals surface area contributed by atoms with E-state index in [-0.39, 0.29) is 24.6 Å². The van der Waals surface area contributed by atoms with E-state index >= 15 is 0 Å². The van der Waals surface area contributed by atoms with Crippen molar-refractivity contribution in [3.63, 3.8) is 0 Å². The molecule has 1 atom stereocenters. The Kier molecular flexibility index (Phi) is 6.58. The highest BCUT2D eigenvalue weighted by Gasteiger charge is 2.36. The van der Waals surface area contributed by atoms with E-state index in [1.165, 1.54) is 5.01 Å². The first-order valence-corrected chi connectivity index (χ1v) is 10.8. The number of piperazine rings is 1. The fraction of sp³-hybridized carbons (Fsp3) is 0.409. The molecule has 9 heteroatoms. The number of benzene rings is 1. The van der Waals surface area contributed by atoms with Crippen molar-refractivity contribution in [3.05, 3.63) is 59.0 Å². The molecule has 0 bridgehead atoms. The molecule has 1 unspecified atom stereocenters. The van der Waals surface area contributed by atoms with Crippen molar-refractivity contribution in [1.82, 2.24) is 14.8 Å². The van der Waals surface area contributed by atoms with Crippen LogP contribution in [0.1, 0.15) is 30.7 Å². The Balaban J connectivity index is 1.44. The number of carbonyl (C=O) groups is 2. The topological polar surface area (TPSA) is 78.6 Å². The summed E-state index contributed by atoms with van der Waals surface area (Å²) in [5.74, 6) is 0.600. The molecule has 8 nitrogen and oxygen atoms in total. The summed E-state index contributed by atoms with van der Waals surface area (Å²) < 4.78 is 10.6. The fourth-order valence-electron chi connectivity index (χ4n) is 3.83. The van der Waals surface area contributed by atoms with Gasteiger partial charge in [0, 0.05) is 37.6 Å². The third-order valence-corrected chi connectivity index (χ3v) is 5.72. The summed E-state index contributed by atoms with van der Waals surface area (Å²) >= 11 is 6.01. The minimum absolute atomic E-state index is 0.102. The Morgan fingerprint density at radius 1 is 1.16 bits per heavy atom. The first kappa shape index (κ1) is 21.4. The van der Waals surface area contributed by atoms with E-state index in [4.69, 9.17) is 20.8 Å². The van der Waals surface area contributed by atoms with E-state index in [1.54, 1.807) is 18.1 Å². The predicted molar refractivity (Wildman–Crippen MR) is 116 cm³/mol. The number of furan rings is 1. The normalized spacial score (nSPS) is 19.4. The lowest BCUT2D eigenvalue weighted by molar-refractivity contribution is -0.135. The molecule has 4 rings (SSSR count). The summed E-state index contributed by atoms with van der Waals surface area (Å²) in [6.45, 7) is 4.66. The summed E-state index contributed by atoms with van der Waals surface area (Å²) in [6, 6.07) is 10.8. The van der Waals surface area contributed by atoms with Crippen molar-refractivity contribution in [3.8, 4) is 0 Å². The lowest BCUT2D eigenvalue weighted by atomic mass is 10.0. The van der Waals surface area contributed by atoms with Crippen molar-refractivity contribution < 1.29 is 18.7 Å². The second-order valence-electron chi connectivity index (χ2n) is 7.49. The lowest BCUT2D eigenvalue weighted by Gasteiger charge is -2.34. The largest absolute Gasteiger partial charge is 0.467 e. The first-order chi connectivity index (χ1) is 15.0. The zero-order chi connectivity index (χ0) is 21.8. The molecule has 1 aromatic carbocycles. The van der Waals surface area contributed by atoms with Gasteiger partial charge in [-0.25, -0.2) is 9.80 Å². The quantitative estimate of drug-likeness (QED) is 0.706. The van der Waals surface area contributed by atoms with Crippen molar-refractivity contribution in [2.45, 2.75) is 19.4 Å². The Morgan fingerprint density at radius 3 is 2.55 bits per heavy atom. The van der Waals surface area contributed by atoms with Gasteiger partial charge in [0.05, 0.1) is 25.1 Å². The van der Waals surface area contributed by atoms with Gasteiger partial charge >= 0.3 is 6.09 Å². The summed E-state index contributed by atoms with van der Waals surface area (Å²) in [7, 11) is 0. The van der Waals surface area contributed by atoms with Crippen LogP contribution in [0.2, 0.25) is 5.02 Å². The Labute approximate surface area is 186 Å². The number of nitrogens with zero attached hydrogens (tertiary/aromatic N) is 4. The summed E-state index contributed by atoms with van der Waals surface area (Å²) in [5, 5.41) is 6.83. The molecule has 0 spiro atoms. The number of halogens is 1. The number of hydrogen-bond donors (Lipinski definition) is 0. The van der Waals surface area contributed by atoms with Crippen LogP contribution in [0.4, 0.5) is 4.79 Å². The van der Waals surface area contributed by atoms with Crippen LogP contribution >= 0.6 is 11.6 Å². The summed E-state index contributed by atoms with van der Waals surface area (Å²) in [5.41, 5.74) is 1.75. The Bertz CT molecular complexity index is 937. The van der Waals surface area contributed by atoms with Crippen LogP contribution in [0, 0.1) is 0 Å². The minimum atomic E-state index is -0.303. The monoisotopic (exact) mass is 444 g/mol. The first-order valence-electron chi connectivity index (χ1n) is 10.4. The molecule has 0 aliphatic carbocycles. The highest BCUT2D eigenvalue weighted by atomic mass is 35.5. The second kappa shape index (κ2) is 9.53. The van der Waals surface area contributed by atoms with Crippen LogP contribution < -0.4 is 0 Å². The number of hydrogen-bond acceptors (Lipinski definition) is 6. The van der Waals surface area contributed by atoms with Gasteiger partial charge in [0.15, 0.2) is 0 Å². The zero-order valence-corrected chi connectivity index (χ0v) is 18.1. The van der Waals surface area contributed by atoms with Crippen LogP contribution in [0.15, 0.2) is 52.2 Å². The molecular weight excluding hydrogens is 420 g/mol. The zero-order valence-electron chi connectivity index (χ0n) is 17.4. The van der Waals surface area contributed by atoms with E-state index in [0.29, 0.717) is 50.0 Å². The molecular formula is C22H25ClN4O4. The van der Waals surface area contributed by atoms with Gasteiger partial charge in [0.1, 0.15) is 11.8 Å². The SMILES string of the molecule is CCOC(=O)N1CCN(CC(=O)N2N=C(c3ccc(Cl)cc3)CC2c2ccco2)CC1. The van der Waals surface area contributed by atoms with Crippen LogP contribution in [0.5, 0.6) is 0 Å². The van der Waals surface area contributed by atoms with E-state index in [1.807, 2.05) is 41.3 Å². The van der Waals surface area contributed by atoms with Crippen LogP contribution in [-0.2, 0) is 9.53 Å². The smallest absolute Gasteiger partial charge is 0.409 e. The van der Waals surface area contributed by atoms with Crippen LogP contribution in [0.3, 0.4) is 0 Å². The van der Waals surface area contributed by atoms with Gasteiger partial charge < -0.3 is 14.1 Å². The average molecular weight is 445 g/mol. The number of carbonyl (C=O) groups excluding carboxylic acids is 2. The van der Waals surface area contributed by atoms with Gasteiger partial charge in [0.2, 0.25) is 0 Å². The molecule has 164 valence electrons. The molecule has 1 fully saturated rings. The molecule has 2 aliphatic heterocycles. The van der Waals surface area contributed by atoms with Gasteiger partial charge in [-0.3, -0.25) is 9.69 Å². The molecule has 1 aromatic heterocycles. The fourth-order valence-corrected chi connectivity index (χ4v) is 3.95. The molecule has 2 aromatic rings. The van der Waals surface area contributed by atoms with Gasteiger partial charge in [-0.05, 0) is 36.8 Å². The molecule has 2 amide bonds. The maximum atomic E-state index is 13.2. The van der Waals surface area contributed by atoms with Crippen LogP contribution in [0.25, 0.3) is 0 Å². The highest BCUT2D eigenvalue weighted by Crippen LogP contribution is 2.33. The third kappa shape index (κ3) is 4.91. The average Bonchev–Trinajstić information content (AvgIpc) is 3.45. The van der Waals surface area contributed by atoms with Gasteiger partial charge in [-0.2, -0.15) is 5.10 Å². The van der Waals surface area contributed by atoms with E-state index in [0.717, 1.165) is 11.3 Å². The molecule has 1 saturated heterocycles. The number of rotatable bonds is 5. The third-order valence-electron chi connectivity index (χ3n) is 5.47. The maximum absolute atomic E-state index is 13.2. The predicted octanol–water partition coefficient (Wildman–Crippen LogP) is 3.38. The van der Waals surface area contributed by atoms with Crippen LogP contribution in [-0.4, -0.2) is 71.9 Å². The minimum Gasteiger partial charge on any atom is -0.467 e. The number of hydrazone groups is 1. The van der Waals surface area contributed by atoms with Crippen molar-refractivity contribution >= 4 is 29.3 Å². The van der Waals surface area contributed by atoms with Gasteiger partial charge in [-0.1, -0.05) is 23.7 Å². The number of amides is 2. The molecule has 0 radical (unpaired) electrons. The molecule has 3 heterocycles. The van der Waals surface area contributed by atoms with Gasteiger partial charge in [0.25, 0.3) is 5.91 Å². The van der Waals surface area contributed by atoms with E-state index in [2.05, 4.69) is 5.10 Å². The molecule has 2 aliphatic rings. The molecule has 0 N–H and O–H groups in total. The highest BCUT2D eigenvalue weighted by molar-refractivity contribution is 6.30. The maximum Gasteiger partial charge on any atom is 0.409 e.